The van der Waals surface area contributed by atoms with Crippen LogP contribution in [0.3, 0.4) is 0 Å². The van der Waals surface area contributed by atoms with Gasteiger partial charge in [-0.25, -0.2) is 9.67 Å². The van der Waals surface area contributed by atoms with Crippen molar-refractivity contribution in [3.8, 4) is 17.0 Å². The molecule has 0 aliphatic carbocycles. The van der Waals surface area contributed by atoms with Gasteiger partial charge >= 0.3 is 0 Å². The predicted octanol–water partition coefficient (Wildman–Crippen LogP) is 3.44. The summed E-state index contributed by atoms with van der Waals surface area (Å²) in [4.78, 5) is 4.01. The number of halogens is 1. The fourth-order valence-corrected chi connectivity index (χ4v) is 3.16. The second kappa shape index (κ2) is 9.86. The molecule has 150 valence electrons. The van der Waals surface area contributed by atoms with E-state index in [0.29, 0.717) is 6.54 Å². The molecule has 4 aromatic rings. The third kappa shape index (κ3) is 5.01. The van der Waals surface area contributed by atoms with Crippen LogP contribution in [0.15, 0.2) is 67.4 Å². The van der Waals surface area contributed by atoms with Crippen LogP contribution in [0.1, 0.15) is 16.7 Å². The van der Waals surface area contributed by atoms with Gasteiger partial charge in [-0.15, -0.1) is 12.4 Å². The zero-order valence-electron chi connectivity index (χ0n) is 16.1. The highest BCUT2D eigenvalue weighted by atomic mass is 35.5. The molecule has 0 unspecified atom stereocenters. The number of methoxy groups -OCH3 is 1. The second-order valence-electron chi connectivity index (χ2n) is 6.46. The number of hydrogen-bond donors (Lipinski definition) is 2. The molecular weight excluding hydrogens is 388 g/mol. The third-order valence-corrected chi connectivity index (χ3v) is 4.64. The van der Waals surface area contributed by atoms with Crippen LogP contribution in [0.5, 0.6) is 5.75 Å². The van der Waals surface area contributed by atoms with Crippen molar-refractivity contribution in [1.29, 1.82) is 0 Å². The second-order valence-corrected chi connectivity index (χ2v) is 6.46. The van der Waals surface area contributed by atoms with E-state index in [2.05, 4.69) is 43.8 Å². The number of ether oxygens (including phenoxy) is 1. The first-order valence-corrected chi connectivity index (χ1v) is 9.10. The summed E-state index contributed by atoms with van der Waals surface area (Å²) >= 11 is 0. The molecule has 0 fully saturated rings. The van der Waals surface area contributed by atoms with Crippen molar-refractivity contribution in [2.75, 3.05) is 7.11 Å². The van der Waals surface area contributed by atoms with Gasteiger partial charge < -0.3 is 10.1 Å². The molecule has 2 heterocycles. The summed E-state index contributed by atoms with van der Waals surface area (Å²) < 4.78 is 7.06. The first-order chi connectivity index (χ1) is 13.8. The Morgan fingerprint density at radius 3 is 2.48 bits per heavy atom. The number of H-pyrrole nitrogens is 1. The minimum atomic E-state index is 0. The van der Waals surface area contributed by atoms with Crippen molar-refractivity contribution in [3.63, 3.8) is 0 Å². The molecule has 4 rings (SSSR count). The number of nitrogens with one attached hydrogen (secondary N) is 2. The van der Waals surface area contributed by atoms with Gasteiger partial charge in [-0.1, -0.05) is 24.3 Å². The van der Waals surface area contributed by atoms with Gasteiger partial charge in [0.25, 0.3) is 0 Å². The molecule has 0 radical (unpaired) electrons. The molecule has 0 atom stereocenters. The fourth-order valence-electron chi connectivity index (χ4n) is 3.16. The Labute approximate surface area is 175 Å². The van der Waals surface area contributed by atoms with Crippen LogP contribution in [-0.2, 0) is 19.6 Å². The lowest BCUT2D eigenvalue weighted by atomic mass is 10.1. The van der Waals surface area contributed by atoms with Crippen LogP contribution in [-0.4, -0.2) is 32.1 Å². The van der Waals surface area contributed by atoms with Crippen LogP contribution < -0.4 is 10.1 Å². The molecule has 2 N–H and O–H groups in total. The van der Waals surface area contributed by atoms with Gasteiger partial charge in [-0.2, -0.15) is 10.2 Å². The molecule has 0 spiro atoms. The highest BCUT2D eigenvalue weighted by molar-refractivity contribution is 5.85. The van der Waals surface area contributed by atoms with Crippen LogP contribution in [0.4, 0.5) is 0 Å². The Kier molecular flexibility index (Phi) is 6.99. The maximum atomic E-state index is 5.23. The zero-order chi connectivity index (χ0) is 19.2. The first-order valence-electron chi connectivity index (χ1n) is 9.10. The van der Waals surface area contributed by atoms with E-state index in [-0.39, 0.29) is 12.4 Å². The summed E-state index contributed by atoms with van der Waals surface area (Å²) in [6, 6.07) is 16.3. The van der Waals surface area contributed by atoms with Gasteiger partial charge in [0.15, 0.2) is 0 Å². The SMILES string of the molecule is COc1ccc(-c2[nH]ncc2CNCc2ccccc2Cn2cncn2)cc1.Cl. The summed E-state index contributed by atoms with van der Waals surface area (Å²) in [5, 5.41) is 15.0. The normalized spacial score (nSPS) is 10.5. The molecule has 29 heavy (non-hydrogen) atoms. The van der Waals surface area contributed by atoms with E-state index in [1.54, 1.807) is 19.8 Å². The van der Waals surface area contributed by atoms with Crippen LogP contribution in [0, 0.1) is 0 Å². The van der Waals surface area contributed by atoms with Crippen molar-refractivity contribution in [2.24, 2.45) is 0 Å². The average molecular weight is 411 g/mol. The van der Waals surface area contributed by atoms with Gasteiger partial charge in [0.2, 0.25) is 0 Å². The molecule has 0 amide bonds. The first kappa shape index (κ1) is 20.6. The Bertz CT molecular complexity index is 1010. The summed E-state index contributed by atoms with van der Waals surface area (Å²) in [7, 11) is 1.67. The van der Waals surface area contributed by atoms with E-state index in [1.807, 2.05) is 41.2 Å². The average Bonchev–Trinajstić information content (AvgIpc) is 3.41. The lowest BCUT2D eigenvalue weighted by Gasteiger charge is -2.11. The van der Waals surface area contributed by atoms with Gasteiger partial charge in [0, 0.05) is 24.2 Å². The minimum Gasteiger partial charge on any atom is -0.497 e. The standard InChI is InChI=1S/C21H22N6O.ClH/c1-28-20-8-6-16(7-9-20)21-19(12-24-26-21)11-22-10-17-4-2-3-5-18(17)13-27-15-23-14-25-27;/h2-9,12,14-15,22H,10-11,13H2,1H3,(H,24,26);1H. The van der Waals surface area contributed by atoms with Crippen molar-refractivity contribution < 1.29 is 4.74 Å². The van der Waals surface area contributed by atoms with Gasteiger partial charge in [0.05, 0.1) is 25.5 Å². The van der Waals surface area contributed by atoms with E-state index in [4.69, 9.17) is 4.74 Å². The highest BCUT2D eigenvalue weighted by Gasteiger charge is 2.09. The van der Waals surface area contributed by atoms with E-state index >= 15 is 0 Å². The smallest absolute Gasteiger partial charge is 0.137 e. The Balaban J connectivity index is 0.00000240. The topological polar surface area (TPSA) is 80.6 Å². The zero-order valence-corrected chi connectivity index (χ0v) is 16.9. The number of hydrogen-bond acceptors (Lipinski definition) is 5. The number of aromatic amines is 1. The molecule has 0 saturated heterocycles. The van der Waals surface area contributed by atoms with E-state index in [0.717, 1.165) is 35.7 Å². The summed E-state index contributed by atoms with van der Waals surface area (Å²) in [6.07, 6.45) is 5.16. The van der Waals surface area contributed by atoms with E-state index < -0.39 is 0 Å². The fraction of sp³-hybridized carbons (Fsp3) is 0.190. The van der Waals surface area contributed by atoms with Crippen molar-refractivity contribution >= 4 is 12.4 Å². The molecule has 0 saturated carbocycles. The molecule has 2 aromatic carbocycles. The Morgan fingerprint density at radius 1 is 1.00 bits per heavy atom. The van der Waals surface area contributed by atoms with E-state index in [1.165, 1.54) is 11.1 Å². The van der Waals surface area contributed by atoms with Gasteiger partial charge in [-0.3, -0.25) is 5.10 Å². The van der Waals surface area contributed by atoms with Crippen molar-refractivity contribution in [2.45, 2.75) is 19.6 Å². The van der Waals surface area contributed by atoms with Crippen LogP contribution in [0.2, 0.25) is 0 Å². The third-order valence-electron chi connectivity index (χ3n) is 4.64. The van der Waals surface area contributed by atoms with Gasteiger partial charge in [-0.05, 0) is 35.4 Å². The summed E-state index contributed by atoms with van der Waals surface area (Å²) in [5.41, 5.74) is 5.70. The van der Waals surface area contributed by atoms with Crippen molar-refractivity contribution in [3.05, 3.63) is 84.1 Å². The van der Waals surface area contributed by atoms with Crippen LogP contribution in [0.25, 0.3) is 11.3 Å². The Morgan fingerprint density at radius 2 is 1.76 bits per heavy atom. The Hall–Kier alpha value is -3.16. The van der Waals surface area contributed by atoms with Gasteiger partial charge in [0.1, 0.15) is 18.4 Å². The molecule has 0 bridgehead atoms. The quantitative estimate of drug-likeness (QED) is 0.465. The largest absolute Gasteiger partial charge is 0.497 e. The lowest BCUT2D eigenvalue weighted by Crippen LogP contribution is -2.15. The minimum absolute atomic E-state index is 0. The predicted molar refractivity (Wildman–Crippen MR) is 114 cm³/mol. The summed E-state index contributed by atoms with van der Waals surface area (Å²) in [5.74, 6) is 0.840. The number of benzene rings is 2. The summed E-state index contributed by atoms with van der Waals surface area (Å²) in [6.45, 7) is 2.19. The maximum absolute atomic E-state index is 5.23. The monoisotopic (exact) mass is 410 g/mol. The molecule has 8 heteroatoms. The number of aromatic nitrogens is 5. The van der Waals surface area contributed by atoms with Crippen LogP contribution >= 0.6 is 12.4 Å². The number of rotatable bonds is 8. The molecular formula is C21H23ClN6O. The number of nitrogens with zero attached hydrogens (tertiary/aromatic N) is 4. The lowest BCUT2D eigenvalue weighted by molar-refractivity contribution is 0.415. The van der Waals surface area contributed by atoms with Crippen molar-refractivity contribution in [1.82, 2.24) is 30.3 Å². The molecule has 7 nitrogen and oxygen atoms in total. The molecule has 2 aromatic heterocycles. The molecule has 0 aliphatic heterocycles. The molecule has 0 aliphatic rings. The van der Waals surface area contributed by atoms with E-state index in [9.17, 15) is 0 Å². The maximum Gasteiger partial charge on any atom is 0.137 e. The highest BCUT2D eigenvalue weighted by Crippen LogP contribution is 2.23.